The molecule has 1 fully saturated rings. The summed E-state index contributed by atoms with van der Waals surface area (Å²) >= 11 is 1.59. The van der Waals surface area contributed by atoms with Crippen molar-refractivity contribution in [2.75, 3.05) is 32.2 Å². The molecule has 1 aliphatic rings. The fraction of sp³-hybridized carbons (Fsp3) is 0.552. The summed E-state index contributed by atoms with van der Waals surface area (Å²) in [6.07, 6.45) is 5.79. The zero-order valence-electron chi connectivity index (χ0n) is 23.8. The van der Waals surface area contributed by atoms with Crippen molar-refractivity contribution < 1.29 is 23.9 Å². The summed E-state index contributed by atoms with van der Waals surface area (Å²) in [5, 5.41) is 9.71. The number of carbonyl (C=O) groups is 4. The molecule has 1 aromatic heterocycles. The average molecular weight is 572 g/mol. The number of hydrogen-bond donors (Lipinski definition) is 3. The molecule has 4 atom stereocenters. The number of rotatable bonds is 15. The largest absolute Gasteiger partial charge is 0.467 e. The maximum absolute atomic E-state index is 13.3. The van der Waals surface area contributed by atoms with Gasteiger partial charge in [-0.15, -0.1) is 0 Å². The summed E-state index contributed by atoms with van der Waals surface area (Å²) in [5.74, 6) is -0.288. The van der Waals surface area contributed by atoms with Gasteiger partial charge in [-0.05, 0) is 48.5 Å². The van der Waals surface area contributed by atoms with Gasteiger partial charge in [0.25, 0.3) is 0 Å². The Labute approximate surface area is 240 Å². The van der Waals surface area contributed by atoms with Crippen LogP contribution in [0.4, 0.5) is 0 Å². The second-order valence-corrected chi connectivity index (χ2v) is 11.2. The number of benzene rings is 1. The highest BCUT2D eigenvalue weighted by Crippen LogP contribution is 2.20. The second kappa shape index (κ2) is 15.6. The van der Waals surface area contributed by atoms with Gasteiger partial charge >= 0.3 is 5.97 Å². The van der Waals surface area contributed by atoms with Gasteiger partial charge in [-0.3, -0.25) is 24.3 Å². The van der Waals surface area contributed by atoms with Crippen LogP contribution in [0.1, 0.15) is 45.1 Å². The number of amides is 3. The first-order chi connectivity index (χ1) is 19.2. The van der Waals surface area contributed by atoms with Gasteiger partial charge in [0.1, 0.15) is 12.1 Å². The summed E-state index contributed by atoms with van der Waals surface area (Å²) in [5.41, 5.74) is 1.86. The molecular weight excluding hydrogens is 530 g/mol. The average Bonchev–Trinajstić information content (AvgIpc) is 3.40. The number of para-hydroxylation sites is 1. The molecule has 1 saturated heterocycles. The number of fused-ring (bicyclic) bond motifs is 1. The fourth-order valence-corrected chi connectivity index (χ4v) is 5.28. The first-order valence-electron chi connectivity index (χ1n) is 13.8. The number of methoxy groups -OCH3 is 1. The van der Waals surface area contributed by atoms with E-state index in [0.29, 0.717) is 38.1 Å². The molecule has 2 heterocycles. The highest BCUT2D eigenvalue weighted by molar-refractivity contribution is 7.98. The first-order valence-corrected chi connectivity index (χ1v) is 15.2. The van der Waals surface area contributed by atoms with Gasteiger partial charge in [-0.1, -0.05) is 38.5 Å². The molecule has 0 aliphatic carbocycles. The molecule has 3 N–H and O–H groups in total. The van der Waals surface area contributed by atoms with Crippen molar-refractivity contribution in [3.8, 4) is 0 Å². The summed E-state index contributed by atoms with van der Waals surface area (Å²) < 4.78 is 4.91. The second-order valence-electron chi connectivity index (χ2n) is 10.2. The minimum absolute atomic E-state index is 0.0202. The van der Waals surface area contributed by atoms with Gasteiger partial charge < -0.3 is 20.7 Å². The molecule has 1 aromatic carbocycles. The van der Waals surface area contributed by atoms with E-state index < -0.39 is 18.1 Å². The van der Waals surface area contributed by atoms with Crippen LogP contribution in [0.5, 0.6) is 0 Å². The zero-order valence-corrected chi connectivity index (χ0v) is 24.6. The van der Waals surface area contributed by atoms with Crippen molar-refractivity contribution in [3.05, 3.63) is 42.1 Å². The molecule has 0 bridgehead atoms. The van der Waals surface area contributed by atoms with Gasteiger partial charge in [0.2, 0.25) is 17.7 Å². The van der Waals surface area contributed by atoms with Crippen molar-refractivity contribution in [2.45, 2.75) is 64.2 Å². The molecule has 11 heteroatoms. The maximum Gasteiger partial charge on any atom is 0.328 e. The number of esters is 1. The number of thioether (sulfide) groups is 1. The van der Waals surface area contributed by atoms with Crippen LogP contribution in [0.25, 0.3) is 10.9 Å². The van der Waals surface area contributed by atoms with E-state index in [-0.39, 0.29) is 36.2 Å². The molecule has 0 radical (unpaired) electrons. The van der Waals surface area contributed by atoms with Crippen LogP contribution in [0, 0.1) is 5.92 Å². The Balaban J connectivity index is 1.83. The molecule has 3 rings (SSSR count). The Hall–Kier alpha value is -3.18. The van der Waals surface area contributed by atoms with E-state index >= 15 is 0 Å². The number of hydrogen-bond acceptors (Lipinski definition) is 8. The lowest BCUT2D eigenvalue weighted by Crippen LogP contribution is -2.53. The van der Waals surface area contributed by atoms with Gasteiger partial charge in [-0.2, -0.15) is 11.8 Å². The van der Waals surface area contributed by atoms with Crippen molar-refractivity contribution >= 4 is 46.4 Å². The van der Waals surface area contributed by atoms with Crippen LogP contribution < -0.4 is 16.0 Å². The number of carbonyl (C=O) groups excluding carboxylic acids is 4. The van der Waals surface area contributed by atoms with Crippen molar-refractivity contribution in [1.82, 2.24) is 25.8 Å². The minimum Gasteiger partial charge on any atom is -0.467 e. The topological polar surface area (TPSA) is 130 Å². The van der Waals surface area contributed by atoms with Crippen molar-refractivity contribution in [2.24, 2.45) is 5.92 Å². The Morgan fingerprint density at radius 1 is 1.23 bits per heavy atom. The van der Waals surface area contributed by atoms with Gasteiger partial charge in [0.15, 0.2) is 0 Å². The summed E-state index contributed by atoms with van der Waals surface area (Å²) in [6.45, 7) is 4.98. The Bertz CT molecular complexity index is 1170. The molecule has 1 aliphatic heterocycles. The Morgan fingerprint density at radius 2 is 2.00 bits per heavy atom. The fourth-order valence-electron chi connectivity index (χ4n) is 4.81. The van der Waals surface area contributed by atoms with E-state index in [9.17, 15) is 19.2 Å². The molecule has 0 unspecified atom stereocenters. The molecule has 0 saturated carbocycles. The third-order valence-corrected chi connectivity index (χ3v) is 8.00. The van der Waals surface area contributed by atoms with Crippen LogP contribution in [0.3, 0.4) is 0 Å². The minimum atomic E-state index is -0.732. The predicted octanol–water partition coefficient (Wildman–Crippen LogP) is 2.26. The molecule has 3 amide bonds. The standard InChI is InChI=1S/C29H41N5O5S/c1-5-19(2)25(33-28(37)23-10-11-26(35)31-23)17-34(16-20-12-14-30-22-9-7-6-8-21(20)22)18-27(36)32-24(13-15-40-4)29(38)39-3/h6-9,12,14,19,23-25H,5,10-11,13,15-18H2,1-4H3,(H,31,35)(H,32,36)(H,33,37)/t19-,23-,24-,25+/m0/s1. The smallest absolute Gasteiger partial charge is 0.328 e. The number of nitrogens with one attached hydrogen (secondary N) is 3. The number of ether oxygens (including phenoxy) is 1. The lowest BCUT2D eigenvalue weighted by Gasteiger charge is -2.32. The number of nitrogens with zero attached hydrogens (tertiary/aromatic N) is 2. The highest BCUT2D eigenvalue weighted by Gasteiger charge is 2.31. The monoisotopic (exact) mass is 571 g/mol. The molecule has 2 aromatic rings. The zero-order chi connectivity index (χ0) is 29.1. The Kier molecular flexibility index (Phi) is 12.2. The number of pyridine rings is 1. The van der Waals surface area contributed by atoms with E-state index in [2.05, 4.69) is 34.8 Å². The van der Waals surface area contributed by atoms with E-state index in [0.717, 1.165) is 22.9 Å². The molecule has 40 heavy (non-hydrogen) atoms. The molecule has 0 spiro atoms. The summed E-state index contributed by atoms with van der Waals surface area (Å²) in [6, 6.07) is 8.24. The van der Waals surface area contributed by atoms with E-state index in [1.807, 2.05) is 41.5 Å². The first kappa shape index (κ1) is 31.3. The molecular formula is C29H41N5O5S. The van der Waals surface area contributed by atoms with Crippen LogP contribution in [-0.2, 0) is 30.5 Å². The number of aromatic nitrogens is 1. The quantitative estimate of drug-likeness (QED) is 0.278. The highest BCUT2D eigenvalue weighted by atomic mass is 32.2. The van der Waals surface area contributed by atoms with Gasteiger partial charge in [0, 0.05) is 37.1 Å². The third-order valence-electron chi connectivity index (χ3n) is 7.36. The summed E-state index contributed by atoms with van der Waals surface area (Å²) in [7, 11) is 1.31. The van der Waals surface area contributed by atoms with Gasteiger partial charge in [0.05, 0.1) is 19.2 Å². The normalized spacial score (nSPS) is 17.2. The van der Waals surface area contributed by atoms with Crippen molar-refractivity contribution in [1.29, 1.82) is 0 Å². The van der Waals surface area contributed by atoms with Crippen molar-refractivity contribution in [3.63, 3.8) is 0 Å². The summed E-state index contributed by atoms with van der Waals surface area (Å²) in [4.78, 5) is 56.7. The van der Waals surface area contributed by atoms with Crippen LogP contribution in [-0.4, -0.2) is 83.9 Å². The van der Waals surface area contributed by atoms with E-state index in [1.54, 1.807) is 18.0 Å². The van der Waals surface area contributed by atoms with Crippen LogP contribution in [0.15, 0.2) is 36.5 Å². The van der Waals surface area contributed by atoms with Crippen LogP contribution >= 0.6 is 11.8 Å². The molecule has 10 nitrogen and oxygen atoms in total. The molecule has 218 valence electrons. The Morgan fingerprint density at radius 3 is 2.67 bits per heavy atom. The van der Waals surface area contributed by atoms with Crippen LogP contribution in [0.2, 0.25) is 0 Å². The van der Waals surface area contributed by atoms with Gasteiger partial charge in [-0.25, -0.2) is 4.79 Å². The third kappa shape index (κ3) is 8.92. The SMILES string of the molecule is CC[C@H](C)[C@@H](CN(CC(=O)N[C@@H](CCSC)C(=O)OC)Cc1ccnc2ccccc12)NC(=O)[C@@H]1CCC(=O)N1. The lowest BCUT2D eigenvalue weighted by molar-refractivity contribution is -0.145. The van der Waals surface area contributed by atoms with E-state index in [4.69, 9.17) is 4.74 Å². The maximum atomic E-state index is 13.3. The lowest BCUT2D eigenvalue weighted by atomic mass is 9.97. The van der Waals surface area contributed by atoms with E-state index in [1.165, 1.54) is 7.11 Å². The predicted molar refractivity (Wildman–Crippen MR) is 157 cm³/mol.